The second-order valence-corrected chi connectivity index (χ2v) is 13.9. The van der Waals surface area contributed by atoms with E-state index >= 15 is 0 Å². The molecule has 2 aliphatic rings. The number of rotatable bonds is 9. The largest absolute Gasteiger partial charge is 0.391 e. The van der Waals surface area contributed by atoms with Crippen molar-refractivity contribution in [3.05, 3.63) is 71.9 Å². The van der Waals surface area contributed by atoms with Gasteiger partial charge in [0.15, 0.2) is 0 Å². The molecule has 1 aromatic heterocycles. The summed E-state index contributed by atoms with van der Waals surface area (Å²) in [5, 5.41) is 25.0. The average Bonchev–Trinajstić information content (AvgIpc) is 3.80. The van der Waals surface area contributed by atoms with Gasteiger partial charge in [-0.05, 0) is 69.7 Å². The first-order valence-corrected chi connectivity index (χ1v) is 18.3. The first kappa shape index (κ1) is 38.9. The fourth-order valence-electron chi connectivity index (χ4n) is 6.94. The van der Waals surface area contributed by atoms with E-state index in [2.05, 4.69) is 31.6 Å². The lowest BCUT2D eigenvalue weighted by atomic mass is 10.0. The second kappa shape index (κ2) is 18.0. The van der Waals surface area contributed by atoms with Crippen molar-refractivity contribution >= 4 is 46.3 Å². The number of nitrogens with two attached hydrogens (primary N) is 1. The van der Waals surface area contributed by atoms with Gasteiger partial charge in [-0.2, -0.15) is 0 Å². The molecule has 2 fully saturated rings. The summed E-state index contributed by atoms with van der Waals surface area (Å²) in [6, 6.07) is 9.60. The molecule has 7 atom stereocenters. The highest BCUT2D eigenvalue weighted by atomic mass is 16.3. The number of nitrogens with zero attached hydrogens (tertiary/aromatic N) is 1. The zero-order valence-electron chi connectivity index (χ0n) is 30.1. The van der Waals surface area contributed by atoms with E-state index in [-0.39, 0.29) is 25.8 Å². The van der Waals surface area contributed by atoms with Crippen molar-refractivity contribution in [2.75, 3.05) is 13.1 Å². The van der Waals surface area contributed by atoms with E-state index in [4.69, 9.17) is 5.73 Å². The number of aliphatic hydroxyl groups is 1. The highest BCUT2D eigenvalue weighted by Gasteiger charge is 2.40. The summed E-state index contributed by atoms with van der Waals surface area (Å²) >= 11 is 0. The van der Waals surface area contributed by atoms with E-state index in [0.29, 0.717) is 32.2 Å². The maximum Gasteiger partial charge on any atom is 0.245 e. The number of nitrogens with one attached hydrogen (secondary N) is 6. The van der Waals surface area contributed by atoms with E-state index < -0.39 is 77.8 Å². The molecule has 0 aliphatic carbocycles. The fourth-order valence-corrected chi connectivity index (χ4v) is 6.94. The molecule has 2 saturated heterocycles. The maximum absolute atomic E-state index is 14.3. The van der Waals surface area contributed by atoms with Crippen molar-refractivity contribution in [1.29, 1.82) is 0 Å². The molecule has 3 heterocycles. The Hall–Kier alpha value is -5.28. The number of fused-ring (bicyclic) bond motifs is 2. The molecule has 2 aromatic carbocycles. The minimum absolute atomic E-state index is 0.0340. The molecule has 284 valence electrons. The molecule has 0 saturated carbocycles. The van der Waals surface area contributed by atoms with Crippen molar-refractivity contribution in [3.63, 3.8) is 0 Å². The number of amides is 6. The van der Waals surface area contributed by atoms with Crippen LogP contribution in [0.3, 0.4) is 0 Å². The minimum Gasteiger partial charge on any atom is -0.391 e. The highest BCUT2D eigenvalue weighted by Crippen LogP contribution is 2.21. The number of carbonyl (C=O) groups excluding carboxylic acids is 6. The van der Waals surface area contributed by atoms with Gasteiger partial charge in [0.05, 0.1) is 6.10 Å². The van der Waals surface area contributed by atoms with E-state index in [1.807, 2.05) is 54.6 Å². The third-order valence-corrected chi connectivity index (χ3v) is 9.86. The molecule has 5 rings (SSSR count). The summed E-state index contributed by atoms with van der Waals surface area (Å²) < 4.78 is 0. The van der Waals surface area contributed by atoms with Gasteiger partial charge in [0.25, 0.3) is 0 Å². The van der Waals surface area contributed by atoms with Crippen molar-refractivity contribution in [2.24, 2.45) is 5.73 Å². The van der Waals surface area contributed by atoms with Crippen molar-refractivity contribution in [1.82, 2.24) is 36.5 Å². The highest BCUT2D eigenvalue weighted by molar-refractivity contribution is 5.99. The maximum atomic E-state index is 14.3. The van der Waals surface area contributed by atoms with Crippen molar-refractivity contribution < 1.29 is 33.9 Å². The van der Waals surface area contributed by atoms with Crippen LogP contribution in [0.4, 0.5) is 0 Å². The molecule has 0 spiro atoms. The number of para-hydroxylation sites is 1. The average molecular weight is 731 g/mol. The number of hydrogen-bond acceptors (Lipinski definition) is 8. The van der Waals surface area contributed by atoms with Crippen LogP contribution in [0.5, 0.6) is 0 Å². The van der Waals surface area contributed by atoms with Crippen molar-refractivity contribution in [2.45, 2.75) is 101 Å². The Kier molecular flexibility index (Phi) is 13.2. The lowest BCUT2D eigenvalue weighted by Crippen LogP contribution is -2.62. The van der Waals surface area contributed by atoms with E-state index in [1.165, 1.54) is 18.7 Å². The van der Waals surface area contributed by atoms with Gasteiger partial charge in [-0.25, -0.2) is 0 Å². The molecule has 3 aromatic rings. The zero-order chi connectivity index (χ0) is 38.1. The summed E-state index contributed by atoms with van der Waals surface area (Å²) in [5.74, 6) is -3.90. The van der Waals surface area contributed by atoms with Crippen LogP contribution in [0.1, 0.15) is 57.1 Å². The Morgan fingerprint density at radius 1 is 0.774 bits per heavy atom. The molecule has 15 heteroatoms. The van der Waals surface area contributed by atoms with Crippen LogP contribution < -0.4 is 32.3 Å². The molecule has 6 amide bonds. The van der Waals surface area contributed by atoms with Crippen LogP contribution in [0.25, 0.3) is 10.9 Å². The lowest BCUT2D eigenvalue weighted by molar-refractivity contribution is -0.143. The third kappa shape index (κ3) is 9.78. The second-order valence-electron chi connectivity index (χ2n) is 13.9. The molecule has 0 radical (unpaired) electrons. The molecule has 9 N–H and O–H groups in total. The summed E-state index contributed by atoms with van der Waals surface area (Å²) in [5.41, 5.74) is 8.04. The van der Waals surface area contributed by atoms with Gasteiger partial charge in [0.2, 0.25) is 35.4 Å². The van der Waals surface area contributed by atoms with Crippen LogP contribution in [-0.2, 0) is 41.6 Å². The van der Waals surface area contributed by atoms with Crippen LogP contribution in [0, 0.1) is 0 Å². The Labute approximate surface area is 308 Å². The third-order valence-electron chi connectivity index (χ3n) is 9.86. The SMILES string of the molecule is C[C@H]1NC(=O)[C@H]([C@@H](C)O)NC(=O)[C@H](CCCCN)NC(=O)[C@@H](Cc2c[nH]c3ccccc23)NC(=O)[C@H](Cc2ccccc2)NC(=O)[C@@H]2CCCN2C1=O. The van der Waals surface area contributed by atoms with Crippen LogP contribution in [0.2, 0.25) is 0 Å². The molecular weight excluding hydrogens is 680 g/mol. The minimum atomic E-state index is -1.47. The number of benzene rings is 2. The van der Waals surface area contributed by atoms with E-state index in [0.717, 1.165) is 22.0 Å². The molecule has 53 heavy (non-hydrogen) atoms. The van der Waals surface area contributed by atoms with Gasteiger partial charge in [-0.15, -0.1) is 0 Å². The van der Waals surface area contributed by atoms with Gasteiger partial charge in [0.1, 0.15) is 36.3 Å². The summed E-state index contributed by atoms with van der Waals surface area (Å²) in [7, 11) is 0. The van der Waals surface area contributed by atoms with E-state index in [9.17, 15) is 33.9 Å². The fraction of sp³-hybridized carbons (Fsp3) is 0.474. The predicted molar refractivity (Wildman–Crippen MR) is 197 cm³/mol. The first-order chi connectivity index (χ1) is 25.5. The Bertz CT molecular complexity index is 1780. The number of hydrogen-bond donors (Lipinski definition) is 8. The number of carbonyl (C=O) groups is 6. The number of unbranched alkanes of at least 4 members (excludes halogenated alkanes) is 1. The topological polar surface area (TPSA) is 228 Å². The number of aromatic amines is 1. The smallest absolute Gasteiger partial charge is 0.245 e. The predicted octanol–water partition coefficient (Wildman–Crippen LogP) is -0.0886. The Morgan fingerprint density at radius 3 is 2.13 bits per heavy atom. The lowest BCUT2D eigenvalue weighted by Gasteiger charge is -2.31. The molecule has 2 aliphatic heterocycles. The Morgan fingerprint density at radius 2 is 1.42 bits per heavy atom. The number of aliphatic hydroxyl groups excluding tert-OH is 1. The normalized spacial score (nSPS) is 25.7. The number of H-pyrrole nitrogens is 1. The van der Waals surface area contributed by atoms with Crippen LogP contribution in [-0.4, -0.2) is 106 Å². The quantitative estimate of drug-likeness (QED) is 0.139. The van der Waals surface area contributed by atoms with Gasteiger partial charge in [-0.1, -0.05) is 48.5 Å². The zero-order valence-corrected chi connectivity index (χ0v) is 30.1. The van der Waals surface area contributed by atoms with Crippen molar-refractivity contribution in [3.8, 4) is 0 Å². The monoisotopic (exact) mass is 730 g/mol. The molecular formula is C38H50N8O7. The summed E-state index contributed by atoms with van der Waals surface area (Å²) in [6.07, 6.45) is 2.52. The van der Waals surface area contributed by atoms with Gasteiger partial charge < -0.3 is 47.3 Å². The first-order valence-electron chi connectivity index (χ1n) is 18.3. The van der Waals surface area contributed by atoms with Gasteiger partial charge >= 0.3 is 0 Å². The van der Waals surface area contributed by atoms with Crippen LogP contribution in [0.15, 0.2) is 60.8 Å². The van der Waals surface area contributed by atoms with E-state index in [1.54, 1.807) is 6.20 Å². The summed E-state index contributed by atoms with van der Waals surface area (Å²) in [6.45, 7) is 3.38. The van der Waals surface area contributed by atoms with Gasteiger partial charge in [0, 0.05) is 36.5 Å². The van der Waals surface area contributed by atoms with Crippen LogP contribution >= 0.6 is 0 Å². The number of aromatic nitrogens is 1. The molecule has 0 unspecified atom stereocenters. The molecule has 15 nitrogen and oxygen atoms in total. The van der Waals surface area contributed by atoms with Gasteiger partial charge in [-0.3, -0.25) is 28.8 Å². The Balaban J connectivity index is 1.54. The summed E-state index contributed by atoms with van der Waals surface area (Å²) in [4.78, 5) is 87.8. The standard InChI is InChI=1S/C38H50N8O7/c1-22-38(53)46-18-10-16-31(46)36(51)44-29(19-24-11-4-3-5-12-24)34(49)43-30(20-25-21-40-27-14-7-6-13-26(25)27)35(50)42-28(15-8-9-17-39)33(48)45-32(23(2)47)37(52)41-22/h3-7,11-14,21-23,28-32,40,47H,8-10,15-20,39H2,1-2H3,(H,41,52)(H,42,50)(H,43,49)(H,44,51)(H,45,48)/t22-,23-,28+,29+,30-,31+,32+/m1/s1. The molecule has 0 bridgehead atoms.